The highest BCUT2D eigenvalue weighted by Crippen LogP contribution is 2.41. The van der Waals surface area contributed by atoms with Crippen LogP contribution in [0.1, 0.15) is 16.1 Å². The van der Waals surface area contributed by atoms with Crippen molar-refractivity contribution < 1.29 is 19.5 Å². The van der Waals surface area contributed by atoms with Gasteiger partial charge in [-0.05, 0) is 34.1 Å². The van der Waals surface area contributed by atoms with Crippen LogP contribution in [0.25, 0.3) is 0 Å². The first kappa shape index (κ1) is 31.3. The van der Waals surface area contributed by atoms with Crippen molar-refractivity contribution in [3.63, 3.8) is 0 Å². The van der Waals surface area contributed by atoms with Crippen molar-refractivity contribution in [2.45, 2.75) is 42.3 Å². The van der Waals surface area contributed by atoms with Crippen LogP contribution in [0.5, 0.6) is 0 Å². The Morgan fingerprint density at radius 1 is 1.05 bits per heavy atom. The van der Waals surface area contributed by atoms with Gasteiger partial charge in [0.15, 0.2) is 4.34 Å². The van der Waals surface area contributed by atoms with Gasteiger partial charge in [0, 0.05) is 24.6 Å². The minimum absolute atomic E-state index is 0.0153. The lowest BCUT2D eigenvalue weighted by Gasteiger charge is -2.49. The van der Waals surface area contributed by atoms with E-state index in [9.17, 15) is 19.5 Å². The van der Waals surface area contributed by atoms with Crippen LogP contribution >= 0.6 is 34.9 Å². The Kier molecular flexibility index (Phi) is 10.7. The molecule has 0 aliphatic carbocycles. The highest BCUT2D eigenvalue weighted by molar-refractivity contribution is 8.01. The molecule has 0 bridgehead atoms. The first-order valence-electron chi connectivity index (χ1n) is 13.5. The summed E-state index contributed by atoms with van der Waals surface area (Å²) in [5.74, 6) is -1.19. The molecule has 2 atom stereocenters. The van der Waals surface area contributed by atoms with Crippen LogP contribution in [0.4, 0.5) is 0 Å². The zero-order valence-electron chi connectivity index (χ0n) is 23.6. The summed E-state index contributed by atoms with van der Waals surface area (Å²) in [4.78, 5) is 37.8. The molecule has 0 unspecified atom stereocenters. The van der Waals surface area contributed by atoms with Gasteiger partial charge in [0.1, 0.15) is 35.0 Å². The molecule has 228 valence electrons. The molecule has 16 heteroatoms. The number of hydrogen-bond donors (Lipinski definition) is 3. The molecule has 6 rings (SSSR count). The maximum Gasteiger partial charge on any atom is 0.352 e. The van der Waals surface area contributed by atoms with Gasteiger partial charge in [-0.1, -0.05) is 83.8 Å². The summed E-state index contributed by atoms with van der Waals surface area (Å²) in [5, 5.41) is 34.5. The minimum Gasteiger partial charge on any atom is -0.477 e. The summed E-state index contributed by atoms with van der Waals surface area (Å²) in [6.07, 6.45) is 1.29. The third-order valence-electron chi connectivity index (χ3n) is 6.48. The molecule has 2 aromatic heterocycles. The predicted molar refractivity (Wildman–Crippen MR) is 166 cm³/mol. The molecule has 0 saturated carbocycles. The fraction of sp³-hybridized carbons (Fsp3) is 0.286. The van der Waals surface area contributed by atoms with E-state index in [4.69, 9.17) is 0 Å². The van der Waals surface area contributed by atoms with Crippen molar-refractivity contribution in [1.29, 1.82) is 0 Å². The number of fused-ring (bicyclic) bond motifs is 1. The predicted octanol–water partition coefficient (Wildman–Crippen LogP) is 2.34. The summed E-state index contributed by atoms with van der Waals surface area (Å²) >= 11 is 4.24. The second-order valence-electron chi connectivity index (χ2n) is 9.67. The lowest BCUT2D eigenvalue weighted by Crippen LogP contribution is -2.70. The molecule has 13 nitrogen and oxygen atoms in total. The van der Waals surface area contributed by atoms with Gasteiger partial charge in [-0.25, -0.2) is 9.48 Å². The molecule has 3 N–H and O–H groups in total. The quantitative estimate of drug-likeness (QED) is 0.160. The second-order valence-corrected chi connectivity index (χ2v) is 13.2. The first-order chi connectivity index (χ1) is 21.4. The van der Waals surface area contributed by atoms with E-state index in [-0.39, 0.29) is 12.2 Å². The van der Waals surface area contributed by atoms with Gasteiger partial charge in [0.05, 0.1) is 0 Å². The number of tetrazole rings is 1. The zero-order valence-corrected chi connectivity index (χ0v) is 26.0. The number of carbonyl (C=O) groups is 3. The molecule has 2 amide bonds. The average Bonchev–Trinajstić information content (AvgIpc) is 3.71. The lowest BCUT2D eigenvalue weighted by molar-refractivity contribution is -0.150. The fourth-order valence-corrected chi connectivity index (χ4v) is 7.74. The van der Waals surface area contributed by atoms with Gasteiger partial charge >= 0.3 is 5.97 Å². The van der Waals surface area contributed by atoms with E-state index >= 15 is 0 Å². The molecular formula is C28H29N9O4S3. The number of carboxylic acids is 1. The van der Waals surface area contributed by atoms with Crippen LogP contribution in [0, 0.1) is 6.92 Å². The number of carbonyl (C=O) groups excluding carboxylic acids is 2. The molecule has 0 radical (unpaired) electrons. The molecule has 0 spiro atoms. The Bertz CT molecular complexity index is 1560. The number of nitrogens with one attached hydrogen (secondary N) is 2. The van der Waals surface area contributed by atoms with Crippen molar-refractivity contribution in [2.24, 2.45) is 0 Å². The number of β-lactam (4-membered cyclic amide) rings is 1. The average molecular weight is 652 g/mol. The Labute approximate surface area is 265 Å². The highest BCUT2D eigenvalue weighted by Gasteiger charge is 2.54. The van der Waals surface area contributed by atoms with Crippen LogP contribution in [-0.4, -0.2) is 81.1 Å². The van der Waals surface area contributed by atoms with Crippen molar-refractivity contribution in [3.8, 4) is 0 Å². The van der Waals surface area contributed by atoms with E-state index in [1.807, 2.05) is 19.1 Å². The summed E-state index contributed by atoms with van der Waals surface area (Å²) in [6.45, 7) is 3.57. The summed E-state index contributed by atoms with van der Waals surface area (Å²) in [6, 6.07) is 20.1. The molecule has 1 fully saturated rings. The lowest BCUT2D eigenvalue weighted by atomic mass is 10.0. The van der Waals surface area contributed by atoms with Gasteiger partial charge in [-0.3, -0.25) is 14.5 Å². The van der Waals surface area contributed by atoms with Crippen LogP contribution < -0.4 is 10.6 Å². The SMILES string of the molecule is Cc1nnc(SCC2=C(C(=O)O)N3C(=O)[C@@H](NC(=O)Cn4cnnn4)[C@H]3SC2)s1.c1ccc(CNCc2ccccc2)cc1. The molecule has 1 saturated heterocycles. The van der Waals surface area contributed by atoms with Crippen molar-refractivity contribution in [1.82, 2.24) is 45.9 Å². The van der Waals surface area contributed by atoms with E-state index in [1.54, 1.807) is 0 Å². The minimum atomic E-state index is -1.16. The second kappa shape index (κ2) is 15.1. The van der Waals surface area contributed by atoms with Crippen molar-refractivity contribution in [2.75, 3.05) is 11.5 Å². The summed E-state index contributed by atoms with van der Waals surface area (Å²) < 4.78 is 1.98. The number of aliphatic carboxylic acids is 1. The third-order valence-corrected chi connectivity index (χ3v) is 9.88. The first-order valence-corrected chi connectivity index (χ1v) is 16.4. The number of nitrogens with zero attached hydrogens (tertiary/aromatic N) is 7. The topological polar surface area (TPSA) is 168 Å². The Morgan fingerprint density at radius 3 is 2.30 bits per heavy atom. The monoisotopic (exact) mass is 651 g/mol. The number of aromatic nitrogens is 6. The smallest absolute Gasteiger partial charge is 0.352 e. The Hall–Kier alpha value is -4.12. The molecule has 2 aromatic carbocycles. The van der Waals surface area contributed by atoms with E-state index < -0.39 is 29.2 Å². The standard InChI is InChI=1S/C14H14N8O4S3.C14H15N/c1-6-17-18-14(29-6)28-4-7-3-27-12-9(11(24)22(12)10(7)13(25)26)16-8(23)2-21-5-15-19-20-21;1-3-7-13(8-4-1)11-15-12-14-9-5-2-6-10-14/h5,9,12H,2-4H2,1H3,(H,16,23)(H,25,26);1-10,15H,11-12H2/t9-,12-;/m1./s1. The van der Waals surface area contributed by atoms with Crippen LogP contribution in [0.2, 0.25) is 0 Å². The number of rotatable bonds is 11. The number of amides is 2. The molecule has 4 heterocycles. The fourth-order valence-electron chi connectivity index (χ4n) is 4.44. The molecule has 2 aliphatic rings. The number of carboxylic acid groups (broad SMARTS) is 1. The summed E-state index contributed by atoms with van der Waals surface area (Å²) in [5.41, 5.74) is 3.28. The number of hydrogen-bond acceptors (Lipinski definition) is 12. The maximum absolute atomic E-state index is 12.6. The van der Waals surface area contributed by atoms with Gasteiger partial charge < -0.3 is 15.7 Å². The Balaban J connectivity index is 0.000000215. The van der Waals surface area contributed by atoms with Crippen LogP contribution in [-0.2, 0) is 34.0 Å². The van der Waals surface area contributed by atoms with Crippen LogP contribution in [0.15, 0.2) is 82.6 Å². The largest absolute Gasteiger partial charge is 0.477 e. The van der Waals surface area contributed by atoms with Crippen LogP contribution in [0.3, 0.4) is 0 Å². The number of aryl methyl sites for hydroxylation is 1. The highest BCUT2D eigenvalue weighted by atomic mass is 32.2. The van der Waals surface area contributed by atoms with Crippen molar-refractivity contribution >= 4 is 52.6 Å². The van der Waals surface area contributed by atoms with E-state index in [2.05, 4.69) is 84.9 Å². The van der Waals surface area contributed by atoms with E-state index in [0.717, 1.165) is 22.4 Å². The normalized spacial score (nSPS) is 17.3. The summed E-state index contributed by atoms with van der Waals surface area (Å²) in [7, 11) is 0. The third kappa shape index (κ3) is 8.07. The number of benzene rings is 2. The zero-order chi connectivity index (χ0) is 30.9. The van der Waals surface area contributed by atoms with Crippen molar-refractivity contribution in [3.05, 3.63) is 94.4 Å². The van der Waals surface area contributed by atoms with Gasteiger partial charge in [-0.15, -0.1) is 27.1 Å². The molecule has 44 heavy (non-hydrogen) atoms. The Morgan fingerprint density at radius 2 is 1.73 bits per heavy atom. The number of thioether (sulfide) groups is 2. The molecular weight excluding hydrogens is 623 g/mol. The van der Waals surface area contributed by atoms with Gasteiger partial charge in [-0.2, -0.15) is 0 Å². The van der Waals surface area contributed by atoms with Gasteiger partial charge in [0.2, 0.25) is 5.91 Å². The molecule has 4 aromatic rings. The van der Waals surface area contributed by atoms with E-state index in [1.165, 1.54) is 61.9 Å². The molecule has 2 aliphatic heterocycles. The van der Waals surface area contributed by atoms with Gasteiger partial charge in [0.25, 0.3) is 5.91 Å². The van der Waals surface area contributed by atoms with E-state index in [0.29, 0.717) is 17.1 Å². The maximum atomic E-state index is 12.6.